The largest absolute Gasteiger partial charge is 0.497 e. The van der Waals surface area contributed by atoms with Crippen LogP contribution in [0.1, 0.15) is 12.5 Å². The first-order chi connectivity index (χ1) is 14.2. The third kappa shape index (κ3) is 3.09. The highest BCUT2D eigenvalue weighted by atomic mass is 32.1. The lowest BCUT2D eigenvalue weighted by Gasteiger charge is -2.26. The SMILES string of the molecule is COc1ccc(-c2nn([C@H]3CC(=O)[C@@H]4OC[C@H]3O4)c(=S)n2-c2ccccc2)cc1. The van der Waals surface area contributed by atoms with E-state index in [2.05, 4.69) is 0 Å². The molecule has 7 nitrogen and oxygen atoms in total. The maximum Gasteiger partial charge on any atom is 0.218 e. The Hall–Kier alpha value is -2.81. The highest BCUT2D eigenvalue weighted by Gasteiger charge is 2.45. The zero-order chi connectivity index (χ0) is 20.0. The number of carbonyl (C=O) groups excluding carboxylic acids is 1. The van der Waals surface area contributed by atoms with Crippen LogP contribution < -0.4 is 4.74 Å². The lowest BCUT2D eigenvalue weighted by molar-refractivity contribution is -0.156. The molecule has 0 N–H and O–H groups in total. The maximum atomic E-state index is 12.3. The molecule has 5 rings (SSSR count). The Morgan fingerprint density at radius 3 is 2.62 bits per heavy atom. The molecule has 0 aliphatic carbocycles. The predicted octanol–water partition coefficient (Wildman–Crippen LogP) is 3.33. The summed E-state index contributed by atoms with van der Waals surface area (Å²) in [4.78, 5) is 12.3. The molecule has 0 spiro atoms. The van der Waals surface area contributed by atoms with Crippen LogP contribution in [0.15, 0.2) is 54.6 Å². The Bertz CT molecular complexity index is 1110. The van der Waals surface area contributed by atoms with Crippen LogP contribution in [0.4, 0.5) is 0 Å². The van der Waals surface area contributed by atoms with E-state index < -0.39 is 6.29 Å². The average molecular weight is 409 g/mol. The molecule has 8 heteroatoms. The Morgan fingerprint density at radius 1 is 1.14 bits per heavy atom. The molecule has 2 saturated heterocycles. The molecule has 29 heavy (non-hydrogen) atoms. The third-order valence-corrected chi connectivity index (χ3v) is 5.66. The van der Waals surface area contributed by atoms with Gasteiger partial charge in [-0.25, -0.2) is 4.68 Å². The van der Waals surface area contributed by atoms with E-state index in [1.807, 2.05) is 59.2 Å². The van der Waals surface area contributed by atoms with Gasteiger partial charge in [0.05, 0.1) is 19.8 Å². The van der Waals surface area contributed by atoms with Gasteiger partial charge < -0.3 is 14.2 Å². The van der Waals surface area contributed by atoms with Gasteiger partial charge in [-0.2, -0.15) is 5.10 Å². The summed E-state index contributed by atoms with van der Waals surface area (Å²) < 4.78 is 20.6. The van der Waals surface area contributed by atoms with E-state index in [0.717, 1.165) is 17.0 Å². The molecule has 0 unspecified atom stereocenters. The molecule has 148 valence electrons. The van der Waals surface area contributed by atoms with Crippen molar-refractivity contribution in [2.45, 2.75) is 24.9 Å². The zero-order valence-corrected chi connectivity index (χ0v) is 16.5. The third-order valence-electron chi connectivity index (χ3n) is 5.29. The van der Waals surface area contributed by atoms with Crippen molar-refractivity contribution in [2.24, 2.45) is 0 Å². The van der Waals surface area contributed by atoms with E-state index in [-0.39, 0.29) is 24.3 Å². The molecular weight excluding hydrogens is 390 g/mol. The molecule has 2 fully saturated rings. The Balaban J connectivity index is 1.66. The van der Waals surface area contributed by atoms with Gasteiger partial charge in [0.1, 0.15) is 11.9 Å². The summed E-state index contributed by atoms with van der Waals surface area (Å²) in [6, 6.07) is 17.2. The Morgan fingerprint density at radius 2 is 1.90 bits per heavy atom. The molecule has 2 bridgehead atoms. The predicted molar refractivity (Wildman–Crippen MR) is 108 cm³/mol. The number of nitrogens with zero attached hydrogens (tertiary/aromatic N) is 3. The molecule has 2 aliphatic rings. The normalized spacial score (nSPS) is 23.3. The summed E-state index contributed by atoms with van der Waals surface area (Å²) in [6.45, 7) is 0.360. The second-order valence-electron chi connectivity index (χ2n) is 7.03. The van der Waals surface area contributed by atoms with Gasteiger partial charge in [-0.05, 0) is 48.6 Å². The van der Waals surface area contributed by atoms with Crippen LogP contribution in [0.5, 0.6) is 5.75 Å². The second-order valence-corrected chi connectivity index (χ2v) is 7.39. The number of para-hydroxylation sites is 1. The molecule has 3 heterocycles. The fourth-order valence-electron chi connectivity index (χ4n) is 3.80. The van der Waals surface area contributed by atoms with Gasteiger partial charge in [-0.15, -0.1) is 0 Å². The number of ketones is 1. The smallest absolute Gasteiger partial charge is 0.218 e. The summed E-state index contributed by atoms with van der Waals surface area (Å²) in [5.74, 6) is 1.38. The number of hydrogen-bond acceptors (Lipinski definition) is 6. The molecule has 0 amide bonds. The summed E-state index contributed by atoms with van der Waals surface area (Å²) >= 11 is 5.81. The topological polar surface area (TPSA) is 67.5 Å². The van der Waals surface area contributed by atoms with Crippen molar-refractivity contribution < 1.29 is 19.0 Å². The van der Waals surface area contributed by atoms with Gasteiger partial charge in [0.15, 0.2) is 11.6 Å². The number of fused-ring (bicyclic) bond motifs is 2. The van der Waals surface area contributed by atoms with E-state index in [1.54, 1.807) is 11.8 Å². The number of aromatic nitrogens is 3. The first-order valence-corrected chi connectivity index (χ1v) is 9.77. The number of methoxy groups -OCH3 is 1. The van der Waals surface area contributed by atoms with Crippen LogP contribution in [0.3, 0.4) is 0 Å². The summed E-state index contributed by atoms with van der Waals surface area (Å²) in [7, 11) is 1.63. The molecule has 3 aromatic rings. The lowest BCUT2D eigenvalue weighted by atomic mass is 10.0. The van der Waals surface area contributed by atoms with Crippen LogP contribution in [0.25, 0.3) is 17.1 Å². The van der Waals surface area contributed by atoms with Crippen LogP contribution in [-0.4, -0.2) is 46.2 Å². The number of ether oxygens (including phenoxy) is 3. The van der Waals surface area contributed by atoms with Crippen molar-refractivity contribution >= 4 is 18.0 Å². The van der Waals surface area contributed by atoms with Gasteiger partial charge in [0.25, 0.3) is 0 Å². The minimum absolute atomic E-state index is 0.0779. The highest BCUT2D eigenvalue weighted by Crippen LogP contribution is 2.34. The maximum absolute atomic E-state index is 12.3. The number of Topliss-reactive ketones (excluding diaryl/α,β-unsaturated/α-hetero) is 1. The Labute approximate surface area is 172 Å². The zero-order valence-electron chi connectivity index (χ0n) is 15.7. The molecule has 2 aliphatic heterocycles. The average Bonchev–Trinajstić information content (AvgIpc) is 3.34. The van der Waals surface area contributed by atoms with E-state index in [4.69, 9.17) is 31.5 Å². The van der Waals surface area contributed by atoms with Crippen molar-refractivity contribution in [3.05, 3.63) is 59.4 Å². The van der Waals surface area contributed by atoms with Crippen LogP contribution in [0.2, 0.25) is 0 Å². The lowest BCUT2D eigenvalue weighted by Crippen LogP contribution is -2.37. The molecule has 0 radical (unpaired) electrons. The molecule has 3 atom stereocenters. The number of hydrogen-bond donors (Lipinski definition) is 0. The molecule has 0 saturated carbocycles. The van der Waals surface area contributed by atoms with Gasteiger partial charge in [-0.1, -0.05) is 18.2 Å². The van der Waals surface area contributed by atoms with E-state index in [0.29, 0.717) is 17.2 Å². The quantitative estimate of drug-likeness (QED) is 0.616. The fraction of sp³-hybridized carbons (Fsp3) is 0.286. The van der Waals surface area contributed by atoms with Gasteiger partial charge in [0.2, 0.25) is 11.1 Å². The van der Waals surface area contributed by atoms with E-state index in [1.165, 1.54) is 0 Å². The monoisotopic (exact) mass is 409 g/mol. The molecular formula is C21H19N3O4S. The summed E-state index contributed by atoms with van der Waals surface area (Å²) in [5.41, 5.74) is 1.79. The fourth-order valence-corrected chi connectivity index (χ4v) is 4.17. The second kappa shape index (κ2) is 7.22. The van der Waals surface area contributed by atoms with Crippen molar-refractivity contribution in [1.82, 2.24) is 14.3 Å². The standard InChI is InChI=1S/C21H19N3O4S/c1-26-15-9-7-13(8-10-15)19-22-24(16-11-17(25)20-27-12-18(16)28-20)21(29)23(19)14-5-3-2-4-6-14/h2-10,16,18,20H,11-12H2,1H3/t16-,18+,20+/m0/s1. The molecule has 2 aromatic carbocycles. The van der Waals surface area contributed by atoms with Crippen molar-refractivity contribution in [3.63, 3.8) is 0 Å². The minimum Gasteiger partial charge on any atom is -0.497 e. The highest BCUT2D eigenvalue weighted by molar-refractivity contribution is 7.71. The van der Waals surface area contributed by atoms with Crippen LogP contribution in [0, 0.1) is 4.77 Å². The van der Waals surface area contributed by atoms with Crippen molar-refractivity contribution in [3.8, 4) is 22.8 Å². The summed E-state index contributed by atoms with van der Waals surface area (Å²) in [5, 5.41) is 4.83. The number of rotatable bonds is 4. The van der Waals surface area contributed by atoms with Gasteiger partial charge in [0, 0.05) is 17.7 Å². The first kappa shape index (κ1) is 18.2. The first-order valence-electron chi connectivity index (χ1n) is 9.37. The van der Waals surface area contributed by atoms with E-state index >= 15 is 0 Å². The minimum atomic E-state index is -0.748. The van der Waals surface area contributed by atoms with Crippen LogP contribution >= 0.6 is 12.2 Å². The van der Waals surface area contributed by atoms with Gasteiger partial charge in [-0.3, -0.25) is 9.36 Å². The van der Waals surface area contributed by atoms with Crippen molar-refractivity contribution in [2.75, 3.05) is 13.7 Å². The van der Waals surface area contributed by atoms with Crippen LogP contribution in [-0.2, 0) is 14.3 Å². The van der Waals surface area contributed by atoms with Gasteiger partial charge >= 0.3 is 0 Å². The van der Waals surface area contributed by atoms with E-state index in [9.17, 15) is 4.79 Å². The number of carbonyl (C=O) groups is 1. The molecule has 1 aromatic heterocycles. The Kier molecular flexibility index (Phi) is 4.54. The summed E-state index contributed by atoms with van der Waals surface area (Å²) in [6.07, 6.45) is -0.702. The van der Waals surface area contributed by atoms with Crippen molar-refractivity contribution in [1.29, 1.82) is 0 Å². The number of benzene rings is 2.